The Morgan fingerprint density at radius 2 is 1.65 bits per heavy atom. The van der Waals surface area contributed by atoms with Crippen molar-refractivity contribution in [2.24, 2.45) is 0 Å². The molecule has 0 saturated carbocycles. The van der Waals surface area contributed by atoms with Crippen LogP contribution in [0.5, 0.6) is 5.75 Å². The van der Waals surface area contributed by atoms with Crippen molar-refractivity contribution < 1.29 is 9.53 Å². The number of rotatable bonds is 7. The number of aromatic nitrogens is 1. The largest absolute Gasteiger partial charge is 0.489 e. The Labute approximate surface area is 181 Å². The molecule has 4 rings (SSSR count). The van der Waals surface area contributed by atoms with Crippen LogP contribution < -0.4 is 10.1 Å². The molecule has 0 saturated heterocycles. The van der Waals surface area contributed by atoms with Gasteiger partial charge in [-0.3, -0.25) is 9.78 Å². The van der Waals surface area contributed by atoms with Crippen LogP contribution in [0.2, 0.25) is 0 Å². The number of nitrogens with one attached hydrogen (secondary N) is 1. The third-order valence-corrected chi connectivity index (χ3v) is 4.71. The van der Waals surface area contributed by atoms with Crippen LogP contribution in [0.15, 0.2) is 109 Å². The molecule has 1 aromatic heterocycles. The Bertz CT molecular complexity index is 1150. The van der Waals surface area contributed by atoms with Crippen LogP contribution in [-0.2, 0) is 11.4 Å². The van der Waals surface area contributed by atoms with Gasteiger partial charge in [-0.1, -0.05) is 66.7 Å². The molecule has 4 aromatic rings. The summed E-state index contributed by atoms with van der Waals surface area (Å²) < 4.78 is 5.76. The normalized spacial score (nSPS) is 10.7. The van der Waals surface area contributed by atoms with Crippen molar-refractivity contribution >= 4 is 17.7 Å². The lowest BCUT2D eigenvalue weighted by Gasteiger charge is -2.10. The van der Waals surface area contributed by atoms with Gasteiger partial charge < -0.3 is 10.1 Å². The molecule has 4 nitrogen and oxygen atoms in total. The van der Waals surface area contributed by atoms with Crippen LogP contribution in [0.3, 0.4) is 0 Å². The molecule has 3 aromatic carbocycles. The fourth-order valence-corrected chi connectivity index (χ4v) is 3.13. The molecule has 0 fully saturated rings. The quantitative estimate of drug-likeness (QED) is 0.384. The zero-order valence-corrected chi connectivity index (χ0v) is 16.9. The topological polar surface area (TPSA) is 51.2 Å². The number of amides is 1. The van der Waals surface area contributed by atoms with Crippen molar-refractivity contribution in [2.45, 2.75) is 6.61 Å². The Hall–Kier alpha value is -4.18. The van der Waals surface area contributed by atoms with Crippen molar-refractivity contribution in [1.82, 2.24) is 4.98 Å². The van der Waals surface area contributed by atoms with Crippen LogP contribution in [0.1, 0.15) is 11.1 Å². The van der Waals surface area contributed by atoms with Crippen molar-refractivity contribution in [2.75, 3.05) is 5.32 Å². The Morgan fingerprint density at radius 1 is 0.871 bits per heavy atom. The van der Waals surface area contributed by atoms with Gasteiger partial charge in [-0.05, 0) is 41.5 Å². The summed E-state index contributed by atoms with van der Waals surface area (Å²) in [6.07, 6.45) is 6.84. The second kappa shape index (κ2) is 10.0. The van der Waals surface area contributed by atoms with Gasteiger partial charge >= 0.3 is 0 Å². The highest BCUT2D eigenvalue weighted by Crippen LogP contribution is 2.27. The van der Waals surface area contributed by atoms with E-state index >= 15 is 0 Å². The molecule has 1 amide bonds. The molecular formula is C27H22N2O2. The minimum absolute atomic E-state index is 0.180. The Balaban J connectivity index is 1.37. The molecule has 0 aliphatic rings. The van der Waals surface area contributed by atoms with E-state index in [4.69, 9.17) is 4.74 Å². The fourth-order valence-electron chi connectivity index (χ4n) is 3.13. The van der Waals surface area contributed by atoms with E-state index in [1.165, 1.54) is 6.08 Å². The Kier molecular flexibility index (Phi) is 6.51. The maximum atomic E-state index is 12.5. The first-order chi connectivity index (χ1) is 15.3. The van der Waals surface area contributed by atoms with Crippen LogP contribution >= 0.6 is 0 Å². The summed E-state index contributed by atoms with van der Waals surface area (Å²) in [5, 5.41) is 2.97. The first-order valence-electron chi connectivity index (χ1n) is 10.0. The molecule has 0 atom stereocenters. The summed E-state index contributed by atoms with van der Waals surface area (Å²) in [4.78, 5) is 16.5. The second-order valence-electron chi connectivity index (χ2n) is 6.95. The van der Waals surface area contributed by atoms with E-state index < -0.39 is 0 Å². The summed E-state index contributed by atoms with van der Waals surface area (Å²) in [6.45, 7) is 0.465. The van der Waals surface area contributed by atoms with Crippen molar-refractivity contribution in [3.63, 3.8) is 0 Å². The molecule has 0 radical (unpaired) electrons. The maximum absolute atomic E-state index is 12.5. The molecular weight excluding hydrogens is 384 g/mol. The minimum Gasteiger partial charge on any atom is -0.489 e. The summed E-state index contributed by atoms with van der Waals surface area (Å²) in [5.41, 5.74) is 4.76. The SMILES string of the molecule is O=C(/C=C/c1ccc(OCc2cccnc2)cc1)Nc1ccccc1-c1ccccc1. The fraction of sp³-hybridized carbons (Fsp3) is 0.0370. The summed E-state index contributed by atoms with van der Waals surface area (Å²) in [5.74, 6) is 0.586. The number of benzene rings is 3. The number of carbonyl (C=O) groups excluding carboxylic acids is 1. The first kappa shape index (κ1) is 20.1. The molecule has 31 heavy (non-hydrogen) atoms. The first-order valence-corrected chi connectivity index (χ1v) is 10.0. The third kappa shape index (κ3) is 5.67. The predicted molar refractivity (Wildman–Crippen MR) is 125 cm³/mol. The monoisotopic (exact) mass is 406 g/mol. The van der Waals surface area contributed by atoms with Crippen LogP contribution in [0.25, 0.3) is 17.2 Å². The number of nitrogens with zero attached hydrogens (tertiary/aromatic N) is 1. The van der Waals surface area contributed by atoms with Gasteiger partial charge in [0.2, 0.25) is 5.91 Å². The smallest absolute Gasteiger partial charge is 0.248 e. The van der Waals surface area contributed by atoms with Gasteiger partial charge in [-0.2, -0.15) is 0 Å². The van der Waals surface area contributed by atoms with Crippen molar-refractivity contribution in [3.8, 4) is 16.9 Å². The van der Waals surface area contributed by atoms with E-state index in [0.29, 0.717) is 6.61 Å². The molecule has 0 aliphatic carbocycles. The van der Waals surface area contributed by atoms with E-state index in [1.54, 1.807) is 18.5 Å². The Morgan fingerprint density at radius 3 is 2.42 bits per heavy atom. The lowest BCUT2D eigenvalue weighted by atomic mass is 10.0. The molecule has 0 spiro atoms. The summed E-state index contributed by atoms with van der Waals surface area (Å²) >= 11 is 0. The number of carbonyl (C=O) groups is 1. The zero-order chi connectivity index (χ0) is 21.3. The van der Waals surface area contributed by atoms with Crippen molar-refractivity contribution in [1.29, 1.82) is 0 Å². The number of ether oxygens (including phenoxy) is 1. The summed E-state index contributed by atoms with van der Waals surface area (Å²) in [6, 6.07) is 29.2. The highest BCUT2D eigenvalue weighted by molar-refractivity contribution is 6.04. The van der Waals surface area contributed by atoms with E-state index in [2.05, 4.69) is 10.3 Å². The van der Waals surface area contributed by atoms with Gasteiger partial charge in [0.05, 0.1) is 0 Å². The van der Waals surface area contributed by atoms with E-state index in [0.717, 1.165) is 33.7 Å². The van der Waals surface area contributed by atoms with Gasteiger partial charge in [-0.15, -0.1) is 0 Å². The lowest BCUT2D eigenvalue weighted by Crippen LogP contribution is -2.08. The van der Waals surface area contributed by atoms with E-state index in [1.807, 2.05) is 91.0 Å². The van der Waals surface area contributed by atoms with Gasteiger partial charge in [0, 0.05) is 35.3 Å². The number of pyridine rings is 1. The number of hydrogen-bond acceptors (Lipinski definition) is 3. The van der Waals surface area contributed by atoms with Gasteiger partial charge in [0.15, 0.2) is 0 Å². The van der Waals surface area contributed by atoms with Crippen LogP contribution in [-0.4, -0.2) is 10.9 Å². The van der Waals surface area contributed by atoms with Crippen molar-refractivity contribution in [3.05, 3.63) is 121 Å². The second-order valence-corrected chi connectivity index (χ2v) is 6.95. The predicted octanol–water partition coefficient (Wildman–Crippen LogP) is 5.98. The highest BCUT2D eigenvalue weighted by atomic mass is 16.5. The van der Waals surface area contributed by atoms with E-state index in [-0.39, 0.29) is 5.91 Å². The number of para-hydroxylation sites is 1. The third-order valence-electron chi connectivity index (χ3n) is 4.71. The average molecular weight is 406 g/mol. The molecule has 0 aliphatic heterocycles. The summed E-state index contributed by atoms with van der Waals surface area (Å²) in [7, 11) is 0. The van der Waals surface area contributed by atoms with Gasteiger partial charge in [0.25, 0.3) is 0 Å². The highest BCUT2D eigenvalue weighted by Gasteiger charge is 2.06. The zero-order valence-electron chi connectivity index (χ0n) is 16.9. The molecule has 4 heteroatoms. The average Bonchev–Trinajstić information content (AvgIpc) is 2.84. The molecule has 0 unspecified atom stereocenters. The molecule has 1 heterocycles. The standard InChI is InChI=1S/C27H22N2O2/c30-27(29-26-11-5-4-10-25(26)23-8-2-1-3-9-23)17-14-21-12-15-24(16-13-21)31-20-22-7-6-18-28-19-22/h1-19H,20H2,(H,29,30)/b17-14+. The van der Waals surface area contributed by atoms with E-state index in [9.17, 15) is 4.79 Å². The number of hydrogen-bond donors (Lipinski definition) is 1. The van der Waals surface area contributed by atoms with Gasteiger partial charge in [-0.25, -0.2) is 0 Å². The van der Waals surface area contributed by atoms with Crippen LogP contribution in [0, 0.1) is 0 Å². The van der Waals surface area contributed by atoms with Crippen LogP contribution in [0.4, 0.5) is 5.69 Å². The minimum atomic E-state index is -0.180. The van der Waals surface area contributed by atoms with Gasteiger partial charge in [0.1, 0.15) is 12.4 Å². The molecule has 1 N–H and O–H groups in total. The molecule has 0 bridgehead atoms. The maximum Gasteiger partial charge on any atom is 0.248 e. The lowest BCUT2D eigenvalue weighted by molar-refractivity contribution is -0.111. The molecule has 152 valence electrons. The number of anilines is 1.